The summed E-state index contributed by atoms with van der Waals surface area (Å²) in [6.07, 6.45) is 0.433. The second-order valence-corrected chi connectivity index (χ2v) is 4.90. The molecule has 2 aromatic carbocycles. The average Bonchev–Trinajstić information content (AvgIpc) is 2.45. The number of benzene rings is 2. The molecule has 0 heterocycles. The maximum absolute atomic E-state index is 10.1. The molecular formula is C16H18ClNO. The summed E-state index contributed by atoms with van der Waals surface area (Å²) in [5.74, 6) is 0. The first-order chi connectivity index (χ1) is 9.20. The van der Waals surface area contributed by atoms with Crippen LogP contribution in [0.15, 0.2) is 48.5 Å². The first-order valence-electron chi connectivity index (χ1n) is 6.46. The number of aryl methyl sites for hydroxylation is 1. The monoisotopic (exact) mass is 275 g/mol. The van der Waals surface area contributed by atoms with Crippen LogP contribution in [0.3, 0.4) is 0 Å². The van der Waals surface area contributed by atoms with Crippen LogP contribution in [0, 0.1) is 0 Å². The van der Waals surface area contributed by atoms with Crippen LogP contribution in [0.1, 0.15) is 24.2 Å². The number of aliphatic hydroxyl groups is 1. The Labute approximate surface area is 119 Å². The SMILES string of the molecule is CCc1ccccc1NCC(O)c1ccc(Cl)cc1. The van der Waals surface area contributed by atoms with E-state index in [1.54, 1.807) is 12.1 Å². The van der Waals surface area contributed by atoms with Gasteiger partial charge in [0.05, 0.1) is 6.10 Å². The van der Waals surface area contributed by atoms with Crippen LogP contribution >= 0.6 is 11.6 Å². The van der Waals surface area contributed by atoms with Crippen molar-refractivity contribution >= 4 is 17.3 Å². The van der Waals surface area contributed by atoms with Crippen molar-refractivity contribution in [3.8, 4) is 0 Å². The van der Waals surface area contributed by atoms with Crippen molar-refractivity contribution in [1.29, 1.82) is 0 Å². The lowest BCUT2D eigenvalue weighted by Gasteiger charge is -2.15. The molecule has 0 aliphatic carbocycles. The lowest BCUT2D eigenvalue weighted by atomic mass is 10.1. The third-order valence-corrected chi connectivity index (χ3v) is 3.39. The summed E-state index contributed by atoms with van der Waals surface area (Å²) in [5.41, 5.74) is 3.20. The van der Waals surface area contributed by atoms with Gasteiger partial charge in [-0.15, -0.1) is 0 Å². The van der Waals surface area contributed by atoms with Crippen molar-refractivity contribution in [2.24, 2.45) is 0 Å². The number of para-hydroxylation sites is 1. The van der Waals surface area contributed by atoms with Gasteiger partial charge in [-0.2, -0.15) is 0 Å². The molecule has 1 unspecified atom stereocenters. The molecule has 3 heteroatoms. The molecular weight excluding hydrogens is 258 g/mol. The molecule has 0 spiro atoms. The second-order valence-electron chi connectivity index (χ2n) is 4.46. The Morgan fingerprint density at radius 2 is 1.79 bits per heavy atom. The van der Waals surface area contributed by atoms with E-state index >= 15 is 0 Å². The fourth-order valence-corrected chi connectivity index (χ4v) is 2.14. The van der Waals surface area contributed by atoms with E-state index in [4.69, 9.17) is 11.6 Å². The molecule has 0 fully saturated rings. The summed E-state index contributed by atoms with van der Waals surface area (Å²) in [7, 11) is 0. The summed E-state index contributed by atoms with van der Waals surface area (Å²) in [4.78, 5) is 0. The van der Waals surface area contributed by atoms with E-state index in [0.717, 1.165) is 17.7 Å². The minimum atomic E-state index is -0.540. The molecule has 0 bridgehead atoms. The lowest BCUT2D eigenvalue weighted by Crippen LogP contribution is -2.13. The fourth-order valence-electron chi connectivity index (χ4n) is 2.01. The summed E-state index contributed by atoms with van der Waals surface area (Å²) in [6.45, 7) is 2.61. The van der Waals surface area contributed by atoms with Crippen LogP contribution in [0.5, 0.6) is 0 Å². The largest absolute Gasteiger partial charge is 0.387 e. The highest BCUT2D eigenvalue weighted by Gasteiger charge is 2.08. The molecule has 0 amide bonds. The first kappa shape index (κ1) is 13.9. The van der Waals surface area contributed by atoms with Crippen molar-refractivity contribution < 1.29 is 5.11 Å². The van der Waals surface area contributed by atoms with Gasteiger partial charge >= 0.3 is 0 Å². The van der Waals surface area contributed by atoms with E-state index in [1.165, 1.54) is 5.56 Å². The molecule has 1 atom stereocenters. The lowest BCUT2D eigenvalue weighted by molar-refractivity contribution is 0.191. The Morgan fingerprint density at radius 3 is 2.47 bits per heavy atom. The Balaban J connectivity index is 2.00. The molecule has 0 aliphatic rings. The van der Waals surface area contributed by atoms with Crippen molar-refractivity contribution in [2.45, 2.75) is 19.4 Å². The van der Waals surface area contributed by atoms with Crippen molar-refractivity contribution in [3.63, 3.8) is 0 Å². The first-order valence-corrected chi connectivity index (χ1v) is 6.84. The maximum atomic E-state index is 10.1. The van der Waals surface area contributed by atoms with Crippen molar-refractivity contribution in [2.75, 3.05) is 11.9 Å². The second kappa shape index (κ2) is 6.60. The molecule has 2 rings (SSSR count). The average molecular weight is 276 g/mol. The van der Waals surface area contributed by atoms with Crippen LogP contribution in [-0.2, 0) is 6.42 Å². The number of hydrogen-bond donors (Lipinski definition) is 2. The highest BCUT2D eigenvalue weighted by molar-refractivity contribution is 6.30. The number of rotatable bonds is 5. The van der Waals surface area contributed by atoms with E-state index in [-0.39, 0.29) is 0 Å². The topological polar surface area (TPSA) is 32.3 Å². The molecule has 0 saturated carbocycles. The standard InChI is InChI=1S/C16H18ClNO/c1-2-12-5-3-4-6-15(12)18-11-16(19)13-7-9-14(17)10-8-13/h3-10,16,18-19H,2,11H2,1H3. The Morgan fingerprint density at radius 1 is 1.11 bits per heavy atom. The molecule has 2 nitrogen and oxygen atoms in total. The van der Waals surface area contributed by atoms with Crippen molar-refractivity contribution in [1.82, 2.24) is 0 Å². The zero-order chi connectivity index (χ0) is 13.7. The molecule has 100 valence electrons. The Bertz CT molecular complexity index is 525. The molecule has 2 N–H and O–H groups in total. The van der Waals surface area contributed by atoms with E-state index in [9.17, 15) is 5.11 Å². The van der Waals surface area contributed by atoms with Crippen LogP contribution in [0.2, 0.25) is 5.02 Å². The molecule has 0 saturated heterocycles. The molecule has 0 aliphatic heterocycles. The Kier molecular flexibility index (Phi) is 4.83. The van der Waals surface area contributed by atoms with E-state index in [0.29, 0.717) is 11.6 Å². The van der Waals surface area contributed by atoms with Gasteiger partial charge in [0.25, 0.3) is 0 Å². The number of halogens is 1. The molecule has 0 radical (unpaired) electrons. The van der Waals surface area contributed by atoms with Gasteiger partial charge in [-0.1, -0.05) is 48.9 Å². The fraction of sp³-hybridized carbons (Fsp3) is 0.250. The number of nitrogens with one attached hydrogen (secondary N) is 1. The maximum Gasteiger partial charge on any atom is 0.0962 e. The van der Waals surface area contributed by atoms with Gasteiger partial charge in [0.15, 0.2) is 0 Å². The van der Waals surface area contributed by atoms with Crippen LogP contribution in [-0.4, -0.2) is 11.7 Å². The zero-order valence-corrected chi connectivity index (χ0v) is 11.7. The van der Waals surface area contributed by atoms with Crippen LogP contribution < -0.4 is 5.32 Å². The number of anilines is 1. The summed E-state index contributed by atoms with van der Waals surface area (Å²) >= 11 is 5.83. The molecule has 0 aromatic heterocycles. The highest BCUT2D eigenvalue weighted by atomic mass is 35.5. The predicted molar refractivity (Wildman–Crippen MR) is 80.7 cm³/mol. The van der Waals surface area contributed by atoms with Gasteiger partial charge in [-0.05, 0) is 35.7 Å². The minimum Gasteiger partial charge on any atom is -0.387 e. The quantitative estimate of drug-likeness (QED) is 0.863. The molecule has 19 heavy (non-hydrogen) atoms. The zero-order valence-electron chi connectivity index (χ0n) is 10.9. The summed E-state index contributed by atoms with van der Waals surface area (Å²) in [5, 5.41) is 14.1. The number of hydrogen-bond acceptors (Lipinski definition) is 2. The Hall–Kier alpha value is -1.51. The van der Waals surface area contributed by atoms with Gasteiger partial charge < -0.3 is 10.4 Å². The smallest absolute Gasteiger partial charge is 0.0962 e. The van der Waals surface area contributed by atoms with Crippen molar-refractivity contribution in [3.05, 3.63) is 64.7 Å². The van der Waals surface area contributed by atoms with Crippen LogP contribution in [0.25, 0.3) is 0 Å². The van der Waals surface area contributed by atoms with Crippen LogP contribution in [0.4, 0.5) is 5.69 Å². The van der Waals surface area contributed by atoms with E-state index < -0.39 is 6.10 Å². The molecule has 2 aromatic rings. The highest BCUT2D eigenvalue weighted by Crippen LogP contribution is 2.19. The normalized spacial score (nSPS) is 12.2. The van der Waals surface area contributed by atoms with E-state index in [2.05, 4.69) is 18.3 Å². The number of aliphatic hydroxyl groups excluding tert-OH is 1. The van der Waals surface area contributed by atoms with Gasteiger partial charge in [0.2, 0.25) is 0 Å². The van der Waals surface area contributed by atoms with Gasteiger partial charge in [-0.25, -0.2) is 0 Å². The summed E-state index contributed by atoms with van der Waals surface area (Å²) < 4.78 is 0. The van der Waals surface area contributed by atoms with Gasteiger partial charge in [-0.3, -0.25) is 0 Å². The van der Waals surface area contributed by atoms with E-state index in [1.807, 2.05) is 30.3 Å². The summed E-state index contributed by atoms with van der Waals surface area (Å²) in [6, 6.07) is 15.4. The van der Waals surface area contributed by atoms with Gasteiger partial charge in [0.1, 0.15) is 0 Å². The predicted octanol–water partition coefficient (Wildman–Crippen LogP) is 4.05. The van der Waals surface area contributed by atoms with Gasteiger partial charge in [0, 0.05) is 17.3 Å². The third kappa shape index (κ3) is 3.72. The minimum absolute atomic E-state index is 0.485. The third-order valence-electron chi connectivity index (χ3n) is 3.14.